The number of hydrogen-bond donors (Lipinski definition) is 1. The molecule has 1 aliphatic rings. The normalized spacial score (nSPS) is 16.3. The molecule has 4 nitrogen and oxygen atoms in total. The van der Waals surface area contributed by atoms with Gasteiger partial charge in [-0.05, 0) is 49.5 Å². The van der Waals surface area contributed by atoms with Gasteiger partial charge in [0, 0.05) is 30.9 Å². The van der Waals surface area contributed by atoms with Crippen LogP contribution in [0.5, 0.6) is 0 Å². The lowest BCUT2D eigenvalue weighted by Gasteiger charge is -2.30. The first-order valence-electron chi connectivity index (χ1n) is 8.45. The second-order valence-corrected chi connectivity index (χ2v) is 6.35. The molecule has 1 aromatic rings. The summed E-state index contributed by atoms with van der Waals surface area (Å²) < 4.78 is 0. The zero-order valence-electron chi connectivity index (χ0n) is 14.1. The van der Waals surface area contributed by atoms with Gasteiger partial charge in [0.25, 0.3) is 5.91 Å². The number of nitrogens with two attached hydrogens (primary N) is 1. The first-order valence-corrected chi connectivity index (χ1v) is 8.45. The number of likely N-dealkylation sites (tertiary alicyclic amines) is 1. The highest BCUT2D eigenvalue weighted by Gasteiger charge is 2.21. The lowest BCUT2D eigenvalue weighted by atomic mass is 9.98. The average molecular weight is 303 g/mol. The fraction of sp³-hybridized carbons (Fsp3) is 0.611. The van der Waals surface area contributed by atoms with Crippen molar-refractivity contribution < 1.29 is 4.79 Å². The van der Waals surface area contributed by atoms with Gasteiger partial charge < -0.3 is 10.6 Å². The Morgan fingerprint density at radius 3 is 2.45 bits per heavy atom. The van der Waals surface area contributed by atoms with Crippen LogP contribution in [0.1, 0.15) is 49.5 Å². The highest BCUT2D eigenvalue weighted by molar-refractivity contribution is 5.95. The largest absolute Gasteiger partial charge is 0.398 e. The van der Waals surface area contributed by atoms with Crippen molar-refractivity contribution in [2.75, 3.05) is 31.9 Å². The van der Waals surface area contributed by atoms with Crippen molar-refractivity contribution in [1.29, 1.82) is 0 Å². The summed E-state index contributed by atoms with van der Waals surface area (Å²) in [6, 6.07) is 5.78. The van der Waals surface area contributed by atoms with Crippen LogP contribution in [-0.4, -0.2) is 41.9 Å². The summed E-state index contributed by atoms with van der Waals surface area (Å²) in [5.41, 5.74) is 8.72. The van der Waals surface area contributed by atoms with E-state index in [1.165, 1.54) is 0 Å². The van der Waals surface area contributed by atoms with E-state index in [2.05, 4.69) is 25.7 Å². The molecule has 22 heavy (non-hydrogen) atoms. The Morgan fingerprint density at radius 1 is 1.27 bits per heavy atom. The second kappa shape index (κ2) is 7.63. The molecular formula is C18H29N3O. The quantitative estimate of drug-likeness (QED) is 0.851. The van der Waals surface area contributed by atoms with Crippen molar-refractivity contribution in [2.24, 2.45) is 5.92 Å². The van der Waals surface area contributed by atoms with Gasteiger partial charge in [-0.1, -0.05) is 26.8 Å². The number of carbonyl (C=O) groups excluding carboxylic acids is 1. The average Bonchev–Trinajstić information content (AvgIpc) is 2.54. The van der Waals surface area contributed by atoms with E-state index in [1.54, 1.807) is 0 Å². The Morgan fingerprint density at radius 2 is 1.91 bits per heavy atom. The molecule has 0 spiro atoms. The van der Waals surface area contributed by atoms with Crippen LogP contribution in [0, 0.1) is 5.92 Å². The predicted octanol–water partition coefficient (Wildman–Crippen LogP) is 2.98. The predicted molar refractivity (Wildman–Crippen MR) is 91.8 cm³/mol. The van der Waals surface area contributed by atoms with Gasteiger partial charge in [-0.25, -0.2) is 0 Å². The van der Waals surface area contributed by atoms with E-state index in [-0.39, 0.29) is 5.91 Å². The van der Waals surface area contributed by atoms with E-state index >= 15 is 0 Å². The minimum Gasteiger partial charge on any atom is -0.398 e. The van der Waals surface area contributed by atoms with Crippen LogP contribution in [0.2, 0.25) is 0 Å². The van der Waals surface area contributed by atoms with Crippen LogP contribution in [0.15, 0.2) is 18.2 Å². The van der Waals surface area contributed by atoms with Crippen LogP contribution in [0.25, 0.3) is 0 Å². The van der Waals surface area contributed by atoms with Crippen LogP contribution in [0.3, 0.4) is 0 Å². The molecule has 0 atom stereocenters. The van der Waals surface area contributed by atoms with Crippen LogP contribution in [-0.2, 0) is 6.54 Å². The molecule has 1 fully saturated rings. The topological polar surface area (TPSA) is 49.6 Å². The maximum atomic E-state index is 12.6. The number of amides is 1. The van der Waals surface area contributed by atoms with Gasteiger partial charge in [0.1, 0.15) is 0 Å². The van der Waals surface area contributed by atoms with Crippen molar-refractivity contribution in [2.45, 2.75) is 40.2 Å². The first kappa shape index (κ1) is 16.8. The lowest BCUT2D eigenvalue weighted by molar-refractivity contribution is 0.0697. The number of anilines is 1. The summed E-state index contributed by atoms with van der Waals surface area (Å²) in [5.74, 6) is 0.846. The third-order valence-corrected chi connectivity index (χ3v) is 4.75. The third-order valence-electron chi connectivity index (χ3n) is 4.75. The third kappa shape index (κ3) is 4.01. The molecular weight excluding hydrogens is 274 g/mol. The molecule has 2 N–H and O–H groups in total. The molecule has 0 aromatic heterocycles. The van der Waals surface area contributed by atoms with E-state index in [0.29, 0.717) is 0 Å². The molecule has 0 radical (unpaired) electrons. The molecule has 1 heterocycles. The Hall–Kier alpha value is -1.55. The van der Waals surface area contributed by atoms with Gasteiger partial charge in [0.15, 0.2) is 0 Å². The molecule has 0 bridgehead atoms. The van der Waals surface area contributed by atoms with E-state index in [4.69, 9.17) is 5.73 Å². The van der Waals surface area contributed by atoms with Crippen molar-refractivity contribution >= 4 is 11.6 Å². The Balaban J connectivity index is 2.06. The van der Waals surface area contributed by atoms with Gasteiger partial charge in [0.05, 0.1) is 0 Å². The molecule has 1 saturated heterocycles. The Labute approximate surface area is 134 Å². The van der Waals surface area contributed by atoms with Gasteiger partial charge >= 0.3 is 0 Å². The molecule has 0 saturated carbocycles. The number of hydrogen-bond acceptors (Lipinski definition) is 3. The summed E-state index contributed by atoms with van der Waals surface area (Å²) in [6.45, 7) is 11.1. The lowest BCUT2D eigenvalue weighted by Crippen LogP contribution is -2.37. The monoisotopic (exact) mass is 303 g/mol. The molecule has 122 valence electrons. The maximum absolute atomic E-state index is 12.6. The zero-order chi connectivity index (χ0) is 16.1. The second-order valence-electron chi connectivity index (χ2n) is 6.35. The van der Waals surface area contributed by atoms with Gasteiger partial charge in [-0.2, -0.15) is 0 Å². The smallest absolute Gasteiger partial charge is 0.253 e. The molecule has 0 unspecified atom stereocenters. The Bertz CT molecular complexity index is 503. The SMILES string of the molecule is CCN(CC)Cc1ccc(C(=O)N2CCC(C)CC2)cc1N. The number of benzene rings is 1. The van der Waals surface area contributed by atoms with Crippen LogP contribution >= 0.6 is 0 Å². The highest BCUT2D eigenvalue weighted by Crippen LogP contribution is 2.21. The molecule has 1 aromatic carbocycles. The molecule has 1 aliphatic heterocycles. The van der Waals surface area contributed by atoms with E-state index in [0.717, 1.165) is 68.3 Å². The van der Waals surface area contributed by atoms with E-state index in [9.17, 15) is 4.79 Å². The molecule has 1 amide bonds. The van der Waals surface area contributed by atoms with Crippen LogP contribution in [0.4, 0.5) is 5.69 Å². The molecule has 2 rings (SSSR count). The summed E-state index contributed by atoms with van der Waals surface area (Å²) in [6.07, 6.45) is 2.20. The standard InChI is InChI=1S/C18H29N3O/c1-4-20(5-2)13-16-7-6-15(12-17(16)19)18(22)21-10-8-14(3)9-11-21/h6-7,12,14H,4-5,8-11,13,19H2,1-3H3. The molecule has 0 aliphatic carbocycles. The Kier molecular flexibility index (Phi) is 5.83. The first-order chi connectivity index (χ1) is 10.5. The van der Waals surface area contributed by atoms with Gasteiger partial charge in [0.2, 0.25) is 0 Å². The summed E-state index contributed by atoms with van der Waals surface area (Å²) in [7, 11) is 0. The number of piperidine rings is 1. The number of nitrogens with zero attached hydrogens (tertiary/aromatic N) is 2. The highest BCUT2D eigenvalue weighted by atomic mass is 16.2. The number of nitrogen functional groups attached to an aromatic ring is 1. The van der Waals surface area contributed by atoms with Crippen molar-refractivity contribution in [3.05, 3.63) is 29.3 Å². The van der Waals surface area contributed by atoms with Crippen molar-refractivity contribution in [3.8, 4) is 0 Å². The van der Waals surface area contributed by atoms with Gasteiger partial charge in [-0.15, -0.1) is 0 Å². The van der Waals surface area contributed by atoms with E-state index in [1.807, 2.05) is 23.1 Å². The molecule has 4 heteroatoms. The number of carbonyl (C=O) groups is 1. The number of rotatable bonds is 5. The maximum Gasteiger partial charge on any atom is 0.253 e. The fourth-order valence-corrected chi connectivity index (χ4v) is 2.95. The van der Waals surface area contributed by atoms with E-state index < -0.39 is 0 Å². The summed E-state index contributed by atoms with van der Waals surface area (Å²) in [5, 5.41) is 0. The minimum absolute atomic E-state index is 0.119. The van der Waals surface area contributed by atoms with Gasteiger partial charge in [-0.3, -0.25) is 9.69 Å². The summed E-state index contributed by atoms with van der Waals surface area (Å²) in [4.78, 5) is 16.8. The van der Waals surface area contributed by atoms with Crippen LogP contribution < -0.4 is 5.73 Å². The summed E-state index contributed by atoms with van der Waals surface area (Å²) >= 11 is 0. The van der Waals surface area contributed by atoms with Crippen molar-refractivity contribution in [3.63, 3.8) is 0 Å². The van der Waals surface area contributed by atoms with Crippen molar-refractivity contribution in [1.82, 2.24) is 9.80 Å². The fourth-order valence-electron chi connectivity index (χ4n) is 2.95. The zero-order valence-corrected chi connectivity index (χ0v) is 14.1. The minimum atomic E-state index is 0.119.